The number of primary amides is 1. The average Bonchev–Trinajstić information content (AvgIpc) is 2.70. The molecule has 0 radical (unpaired) electrons. The predicted molar refractivity (Wildman–Crippen MR) is 56.5 cm³/mol. The number of nitrogens with one attached hydrogen (secondary N) is 2. The largest absolute Gasteiger partial charge is 0.548 e. The minimum absolute atomic E-state index is 0.135. The Hall–Kier alpha value is -2.12. The van der Waals surface area contributed by atoms with E-state index in [2.05, 4.69) is 10.6 Å². The minimum Gasteiger partial charge on any atom is -0.548 e. The average molecular weight is 256 g/mol. The number of rotatable bonds is 6. The van der Waals surface area contributed by atoms with Crippen molar-refractivity contribution in [2.24, 2.45) is 5.73 Å². The fraction of sp³-hybridized carbons (Fsp3) is 0.600. The van der Waals surface area contributed by atoms with Gasteiger partial charge >= 0.3 is 0 Å². The third-order valence-electron chi connectivity index (χ3n) is 2.59. The molecule has 8 nitrogen and oxygen atoms in total. The third kappa shape index (κ3) is 4.04. The van der Waals surface area contributed by atoms with Gasteiger partial charge in [0.1, 0.15) is 6.04 Å². The highest BCUT2D eigenvalue weighted by atomic mass is 16.4. The zero-order valence-corrected chi connectivity index (χ0v) is 9.60. The van der Waals surface area contributed by atoms with Gasteiger partial charge in [-0.1, -0.05) is 0 Å². The molecule has 3 amide bonds. The van der Waals surface area contributed by atoms with Gasteiger partial charge in [-0.05, 0) is 12.8 Å². The second kappa shape index (κ2) is 5.99. The number of aliphatic carboxylic acids is 1. The smallest absolute Gasteiger partial charge is 0.243 e. The van der Waals surface area contributed by atoms with Crippen LogP contribution in [0.3, 0.4) is 0 Å². The van der Waals surface area contributed by atoms with E-state index in [-0.39, 0.29) is 25.2 Å². The van der Waals surface area contributed by atoms with Gasteiger partial charge < -0.3 is 26.3 Å². The van der Waals surface area contributed by atoms with E-state index >= 15 is 0 Å². The second-order valence-corrected chi connectivity index (χ2v) is 4.04. The Labute approximate surface area is 103 Å². The van der Waals surface area contributed by atoms with Crippen molar-refractivity contribution < 1.29 is 24.3 Å². The van der Waals surface area contributed by atoms with Crippen LogP contribution in [0.1, 0.15) is 25.7 Å². The molecule has 0 bridgehead atoms. The Balaban J connectivity index is 2.49. The van der Waals surface area contributed by atoms with Crippen LogP contribution < -0.4 is 21.5 Å². The van der Waals surface area contributed by atoms with Crippen LogP contribution in [0.25, 0.3) is 0 Å². The number of carboxylic acid groups (broad SMARTS) is 1. The normalized spacial score (nSPS) is 20.0. The Bertz CT molecular complexity index is 382. The monoisotopic (exact) mass is 256 g/mol. The molecule has 18 heavy (non-hydrogen) atoms. The van der Waals surface area contributed by atoms with Crippen molar-refractivity contribution in [3.05, 3.63) is 0 Å². The van der Waals surface area contributed by atoms with Crippen molar-refractivity contribution in [1.82, 2.24) is 10.6 Å². The molecular formula is C10H14N3O5-. The van der Waals surface area contributed by atoms with Crippen LogP contribution in [0.5, 0.6) is 0 Å². The molecule has 0 unspecified atom stereocenters. The Morgan fingerprint density at radius 1 is 1.50 bits per heavy atom. The van der Waals surface area contributed by atoms with E-state index in [9.17, 15) is 24.3 Å². The Morgan fingerprint density at radius 2 is 2.17 bits per heavy atom. The zero-order valence-electron chi connectivity index (χ0n) is 9.60. The summed E-state index contributed by atoms with van der Waals surface area (Å²) in [4.78, 5) is 43.8. The number of amides is 3. The van der Waals surface area contributed by atoms with Crippen LogP contribution >= 0.6 is 0 Å². The van der Waals surface area contributed by atoms with Crippen molar-refractivity contribution in [1.29, 1.82) is 0 Å². The lowest BCUT2D eigenvalue weighted by molar-refractivity contribution is -0.308. The van der Waals surface area contributed by atoms with Gasteiger partial charge in [0.25, 0.3) is 0 Å². The van der Waals surface area contributed by atoms with E-state index < -0.39 is 29.9 Å². The molecule has 1 aliphatic rings. The highest BCUT2D eigenvalue weighted by molar-refractivity contribution is 5.92. The summed E-state index contributed by atoms with van der Waals surface area (Å²) < 4.78 is 0. The van der Waals surface area contributed by atoms with E-state index in [4.69, 9.17) is 5.73 Å². The topological polar surface area (TPSA) is 141 Å². The quantitative estimate of drug-likeness (QED) is 0.458. The molecule has 1 aliphatic heterocycles. The number of hydrogen-bond acceptors (Lipinski definition) is 5. The first kappa shape index (κ1) is 13.9. The first-order valence-corrected chi connectivity index (χ1v) is 5.49. The lowest BCUT2D eigenvalue weighted by atomic mass is 10.1. The first-order valence-electron chi connectivity index (χ1n) is 5.49. The van der Waals surface area contributed by atoms with Gasteiger partial charge in [0, 0.05) is 12.8 Å². The molecule has 0 aromatic carbocycles. The summed E-state index contributed by atoms with van der Waals surface area (Å²) in [5.74, 6) is -3.00. The van der Waals surface area contributed by atoms with Crippen LogP contribution in [0.2, 0.25) is 0 Å². The highest BCUT2D eigenvalue weighted by Gasteiger charge is 2.28. The van der Waals surface area contributed by atoms with Gasteiger partial charge in [-0.2, -0.15) is 0 Å². The van der Waals surface area contributed by atoms with E-state index in [0.717, 1.165) is 0 Å². The van der Waals surface area contributed by atoms with Gasteiger partial charge in [-0.25, -0.2) is 0 Å². The van der Waals surface area contributed by atoms with Crippen LogP contribution in [-0.4, -0.2) is 35.8 Å². The van der Waals surface area contributed by atoms with Crippen LogP contribution in [0, 0.1) is 0 Å². The maximum absolute atomic E-state index is 11.6. The van der Waals surface area contributed by atoms with Gasteiger partial charge in [-0.3, -0.25) is 14.4 Å². The molecule has 2 atom stereocenters. The van der Waals surface area contributed by atoms with Gasteiger partial charge in [-0.15, -0.1) is 0 Å². The van der Waals surface area contributed by atoms with E-state index in [1.807, 2.05) is 0 Å². The zero-order chi connectivity index (χ0) is 13.7. The molecule has 1 rings (SSSR count). The fourth-order valence-electron chi connectivity index (χ4n) is 1.62. The highest BCUT2D eigenvalue weighted by Crippen LogP contribution is 2.07. The van der Waals surface area contributed by atoms with Crippen LogP contribution in [0.4, 0.5) is 0 Å². The maximum Gasteiger partial charge on any atom is 0.243 e. The van der Waals surface area contributed by atoms with Crippen molar-refractivity contribution >= 4 is 23.7 Å². The molecule has 1 fully saturated rings. The minimum atomic E-state index is -1.49. The van der Waals surface area contributed by atoms with Crippen LogP contribution in [0.15, 0.2) is 0 Å². The molecule has 1 saturated heterocycles. The number of carbonyl (C=O) groups excluding carboxylic acids is 4. The van der Waals surface area contributed by atoms with E-state index in [1.165, 1.54) is 0 Å². The molecule has 100 valence electrons. The standard InChI is InChI=1S/C10H15N3O5/c11-7(14)3-1-6(10(17)18)13-9(16)5-2-4-8(15)12-5/h5-6H,1-4H2,(H2,11,14)(H,12,15)(H,13,16)(H,17,18)/p-1/t5-,6-/m0/s1. The van der Waals surface area contributed by atoms with Crippen molar-refractivity contribution in [3.8, 4) is 0 Å². The molecule has 0 aromatic heterocycles. The molecule has 0 saturated carbocycles. The summed E-state index contributed by atoms with van der Waals surface area (Å²) in [6.45, 7) is 0. The fourth-order valence-corrected chi connectivity index (χ4v) is 1.62. The number of carbonyl (C=O) groups is 4. The predicted octanol–water partition coefficient (Wildman–Crippen LogP) is -3.23. The summed E-state index contributed by atoms with van der Waals surface area (Å²) in [7, 11) is 0. The second-order valence-electron chi connectivity index (χ2n) is 4.04. The van der Waals surface area contributed by atoms with Crippen molar-refractivity contribution in [3.63, 3.8) is 0 Å². The molecule has 0 aromatic rings. The molecular weight excluding hydrogens is 242 g/mol. The van der Waals surface area contributed by atoms with Gasteiger partial charge in [0.2, 0.25) is 17.7 Å². The van der Waals surface area contributed by atoms with Crippen molar-refractivity contribution in [2.75, 3.05) is 0 Å². The van der Waals surface area contributed by atoms with E-state index in [0.29, 0.717) is 6.42 Å². The number of hydrogen-bond donors (Lipinski definition) is 3. The maximum atomic E-state index is 11.6. The lowest BCUT2D eigenvalue weighted by Gasteiger charge is -2.21. The molecule has 0 spiro atoms. The summed E-state index contributed by atoms with van der Waals surface area (Å²) in [6, 6.07) is -2.02. The third-order valence-corrected chi connectivity index (χ3v) is 2.59. The Morgan fingerprint density at radius 3 is 2.61 bits per heavy atom. The summed E-state index contributed by atoms with van der Waals surface area (Å²) in [6.07, 6.45) is 0.246. The summed E-state index contributed by atoms with van der Waals surface area (Å²) in [5, 5.41) is 15.4. The Kier molecular flexibility index (Phi) is 4.64. The molecule has 8 heteroatoms. The summed E-state index contributed by atoms with van der Waals surface area (Å²) >= 11 is 0. The lowest BCUT2D eigenvalue weighted by Crippen LogP contribution is -2.52. The van der Waals surface area contributed by atoms with Gasteiger partial charge in [0.05, 0.1) is 12.0 Å². The van der Waals surface area contributed by atoms with Gasteiger partial charge in [0.15, 0.2) is 0 Å². The molecule has 0 aliphatic carbocycles. The number of carboxylic acids is 1. The SMILES string of the molecule is NC(=O)CC[C@H](NC(=O)[C@@H]1CCC(=O)N1)C(=O)[O-]. The van der Waals surface area contributed by atoms with E-state index in [1.54, 1.807) is 0 Å². The first-order chi connectivity index (χ1) is 8.40. The van der Waals surface area contributed by atoms with Crippen molar-refractivity contribution in [2.45, 2.75) is 37.8 Å². The molecule has 4 N–H and O–H groups in total. The molecule has 1 heterocycles. The summed E-state index contributed by atoms with van der Waals surface area (Å²) in [5.41, 5.74) is 4.89. The number of nitrogens with two attached hydrogens (primary N) is 1. The van der Waals surface area contributed by atoms with Crippen LogP contribution in [-0.2, 0) is 19.2 Å².